The third-order valence-corrected chi connectivity index (χ3v) is 4.74. The zero-order valence-corrected chi connectivity index (χ0v) is 16.1. The molecule has 1 aromatic heterocycles. The summed E-state index contributed by atoms with van der Waals surface area (Å²) in [5.41, 5.74) is 3.87. The van der Waals surface area contributed by atoms with E-state index in [4.69, 9.17) is 14.6 Å². The van der Waals surface area contributed by atoms with Gasteiger partial charge in [-0.1, -0.05) is 6.07 Å². The second-order valence-corrected chi connectivity index (χ2v) is 7.12. The predicted octanol–water partition coefficient (Wildman–Crippen LogP) is 4.51. The highest BCUT2D eigenvalue weighted by atomic mass is 32.1. The van der Waals surface area contributed by atoms with Crippen molar-refractivity contribution in [1.29, 1.82) is 0 Å². The molecule has 0 saturated heterocycles. The summed E-state index contributed by atoms with van der Waals surface area (Å²) >= 11 is 1.44. The molecule has 1 N–H and O–H groups in total. The number of aryl methyl sites for hydroxylation is 2. The van der Waals surface area contributed by atoms with Crippen molar-refractivity contribution >= 4 is 17.3 Å². The Morgan fingerprint density at radius 1 is 1.00 bits per heavy atom. The maximum Gasteiger partial charge on any atom is 0.309 e. The predicted molar refractivity (Wildman–Crippen MR) is 106 cm³/mol. The van der Waals surface area contributed by atoms with Crippen LogP contribution in [0.3, 0.4) is 0 Å². The Morgan fingerprint density at radius 3 is 2.26 bits per heavy atom. The lowest BCUT2D eigenvalue weighted by atomic mass is 10.1. The summed E-state index contributed by atoms with van der Waals surface area (Å²) < 4.78 is 11.5. The van der Waals surface area contributed by atoms with E-state index in [1.165, 1.54) is 22.5 Å². The highest BCUT2D eigenvalue weighted by Gasteiger charge is 2.08. The first-order valence-corrected chi connectivity index (χ1v) is 9.48. The number of carboxylic acid groups (broad SMARTS) is 1. The Balaban J connectivity index is 1.50. The van der Waals surface area contributed by atoms with Crippen LogP contribution in [0.5, 0.6) is 11.5 Å². The molecule has 0 bridgehead atoms. The summed E-state index contributed by atoms with van der Waals surface area (Å²) in [6.45, 7) is 5.01. The third-order valence-electron chi connectivity index (χ3n) is 3.80. The van der Waals surface area contributed by atoms with Crippen molar-refractivity contribution in [3.63, 3.8) is 0 Å². The molecule has 3 aromatic rings. The minimum absolute atomic E-state index is 0.0574. The van der Waals surface area contributed by atoms with E-state index in [2.05, 4.69) is 11.1 Å². The van der Waals surface area contributed by atoms with Crippen molar-refractivity contribution in [2.45, 2.75) is 20.3 Å². The fourth-order valence-corrected chi connectivity index (χ4v) is 3.53. The maximum atomic E-state index is 10.7. The van der Waals surface area contributed by atoms with Crippen LogP contribution in [0.25, 0.3) is 10.6 Å². The lowest BCUT2D eigenvalue weighted by molar-refractivity contribution is -0.136. The van der Waals surface area contributed by atoms with Gasteiger partial charge in [0.1, 0.15) is 29.7 Å². The van der Waals surface area contributed by atoms with E-state index in [0.717, 1.165) is 22.1 Å². The summed E-state index contributed by atoms with van der Waals surface area (Å²) in [5.74, 6) is 0.733. The Morgan fingerprint density at radius 2 is 1.63 bits per heavy atom. The first-order valence-electron chi connectivity index (χ1n) is 8.60. The molecule has 0 spiro atoms. The molecular formula is C21H21NO4S. The Kier molecular flexibility index (Phi) is 6.08. The van der Waals surface area contributed by atoms with E-state index in [0.29, 0.717) is 18.9 Å². The number of aromatic nitrogens is 1. The Labute approximate surface area is 162 Å². The number of rotatable bonds is 8. The van der Waals surface area contributed by atoms with Gasteiger partial charge in [-0.2, -0.15) is 0 Å². The van der Waals surface area contributed by atoms with Crippen LogP contribution in [0.1, 0.15) is 16.8 Å². The van der Waals surface area contributed by atoms with Crippen LogP contribution in [0, 0.1) is 13.8 Å². The molecule has 27 heavy (non-hydrogen) atoms. The second-order valence-electron chi connectivity index (χ2n) is 6.26. The van der Waals surface area contributed by atoms with Crippen LogP contribution in [0.2, 0.25) is 0 Å². The molecule has 0 aliphatic carbocycles. The number of hydrogen-bond donors (Lipinski definition) is 1. The zero-order chi connectivity index (χ0) is 19.2. The quantitative estimate of drug-likeness (QED) is 0.580. The summed E-state index contributed by atoms with van der Waals surface area (Å²) in [5, 5.41) is 11.4. The highest BCUT2D eigenvalue weighted by molar-refractivity contribution is 7.13. The van der Waals surface area contributed by atoms with Gasteiger partial charge in [0.2, 0.25) is 0 Å². The molecule has 0 amide bonds. The van der Waals surface area contributed by atoms with Gasteiger partial charge in [0, 0.05) is 10.9 Å². The summed E-state index contributed by atoms with van der Waals surface area (Å²) in [6, 6.07) is 13.7. The highest BCUT2D eigenvalue weighted by Crippen LogP contribution is 2.26. The number of ether oxygens (including phenoxy) is 2. The van der Waals surface area contributed by atoms with Crippen molar-refractivity contribution in [2.75, 3.05) is 13.2 Å². The van der Waals surface area contributed by atoms with Gasteiger partial charge in [0.15, 0.2) is 0 Å². The van der Waals surface area contributed by atoms with Crippen LogP contribution in [0.4, 0.5) is 0 Å². The van der Waals surface area contributed by atoms with Crippen molar-refractivity contribution < 1.29 is 19.4 Å². The second kappa shape index (κ2) is 8.68. The standard InChI is InChI=1S/C21H21NO4S/c1-14-9-15(2)11-19(10-14)26-8-7-25-18-5-3-16(4-6-18)21-22-17(13-27-21)12-20(23)24/h3-6,9-11,13H,7-8,12H2,1-2H3,(H,23,24). The molecular weight excluding hydrogens is 362 g/mol. The fourth-order valence-electron chi connectivity index (χ4n) is 2.70. The minimum atomic E-state index is -0.876. The summed E-state index contributed by atoms with van der Waals surface area (Å²) in [6.07, 6.45) is -0.0574. The molecule has 1 heterocycles. The molecule has 0 fully saturated rings. The summed E-state index contributed by atoms with van der Waals surface area (Å²) in [7, 11) is 0. The van der Waals surface area contributed by atoms with E-state index in [9.17, 15) is 4.79 Å². The normalized spacial score (nSPS) is 10.6. The molecule has 0 aliphatic rings. The van der Waals surface area contributed by atoms with Crippen LogP contribution in [-0.2, 0) is 11.2 Å². The lowest BCUT2D eigenvalue weighted by Crippen LogP contribution is -2.09. The van der Waals surface area contributed by atoms with Gasteiger partial charge in [-0.15, -0.1) is 11.3 Å². The minimum Gasteiger partial charge on any atom is -0.490 e. The number of nitrogens with zero attached hydrogens (tertiary/aromatic N) is 1. The molecule has 0 atom stereocenters. The topological polar surface area (TPSA) is 68.7 Å². The van der Waals surface area contributed by atoms with Gasteiger partial charge in [0.05, 0.1) is 12.1 Å². The first-order chi connectivity index (χ1) is 13.0. The van der Waals surface area contributed by atoms with Gasteiger partial charge >= 0.3 is 5.97 Å². The average molecular weight is 383 g/mol. The van der Waals surface area contributed by atoms with Crippen molar-refractivity contribution in [2.24, 2.45) is 0 Å². The lowest BCUT2D eigenvalue weighted by Gasteiger charge is -2.10. The van der Waals surface area contributed by atoms with Gasteiger partial charge in [-0.05, 0) is 61.4 Å². The van der Waals surface area contributed by atoms with Gasteiger partial charge in [-0.3, -0.25) is 4.79 Å². The van der Waals surface area contributed by atoms with Crippen LogP contribution < -0.4 is 9.47 Å². The van der Waals surface area contributed by atoms with Crippen LogP contribution in [0.15, 0.2) is 47.8 Å². The number of aliphatic carboxylic acids is 1. The molecule has 0 saturated carbocycles. The summed E-state index contributed by atoms with van der Waals surface area (Å²) in [4.78, 5) is 15.1. The number of carbonyl (C=O) groups is 1. The smallest absolute Gasteiger partial charge is 0.309 e. The molecule has 0 aliphatic heterocycles. The first kappa shape index (κ1) is 18.9. The molecule has 0 radical (unpaired) electrons. The molecule has 5 nitrogen and oxygen atoms in total. The molecule has 0 unspecified atom stereocenters. The van der Waals surface area contributed by atoms with Gasteiger partial charge < -0.3 is 14.6 Å². The van der Waals surface area contributed by atoms with Crippen LogP contribution in [-0.4, -0.2) is 29.3 Å². The van der Waals surface area contributed by atoms with Gasteiger partial charge in [-0.25, -0.2) is 4.98 Å². The Hall–Kier alpha value is -2.86. The average Bonchev–Trinajstić information content (AvgIpc) is 3.06. The van der Waals surface area contributed by atoms with E-state index < -0.39 is 5.97 Å². The molecule has 6 heteroatoms. The van der Waals surface area contributed by atoms with E-state index in [-0.39, 0.29) is 6.42 Å². The van der Waals surface area contributed by atoms with E-state index >= 15 is 0 Å². The van der Waals surface area contributed by atoms with E-state index in [1.807, 2.05) is 50.2 Å². The van der Waals surface area contributed by atoms with Crippen molar-refractivity contribution in [3.05, 3.63) is 64.7 Å². The van der Waals surface area contributed by atoms with Gasteiger partial charge in [0.25, 0.3) is 0 Å². The SMILES string of the molecule is Cc1cc(C)cc(OCCOc2ccc(-c3nc(CC(=O)O)cs3)cc2)c1. The van der Waals surface area contributed by atoms with Crippen LogP contribution >= 0.6 is 11.3 Å². The third kappa shape index (κ3) is 5.56. The molecule has 3 rings (SSSR count). The number of hydrogen-bond acceptors (Lipinski definition) is 5. The fraction of sp³-hybridized carbons (Fsp3) is 0.238. The number of benzene rings is 2. The monoisotopic (exact) mass is 383 g/mol. The number of carboxylic acids is 1. The van der Waals surface area contributed by atoms with Crippen molar-refractivity contribution in [3.8, 4) is 22.1 Å². The largest absolute Gasteiger partial charge is 0.490 e. The number of thiazole rings is 1. The van der Waals surface area contributed by atoms with Crippen molar-refractivity contribution in [1.82, 2.24) is 4.98 Å². The zero-order valence-electron chi connectivity index (χ0n) is 15.3. The van der Waals surface area contributed by atoms with E-state index in [1.54, 1.807) is 5.38 Å². The Bertz CT molecular complexity index is 898. The molecule has 2 aromatic carbocycles. The molecule has 140 valence electrons. The maximum absolute atomic E-state index is 10.7.